The van der Waals surface area contributed by atoms with Crippen molar-refractivity contribution >= 4 is 43.7 Å². The summed E-state index contributed by atoms with van der Waals surface area (Å²) in [4.78, 5) is 24.6. The summed E-state index contributed by atoms with van der Waals surface area (Å²) in [5.74, 6) is -0.631. The van der Waals surface area contributed by atoms with E-state index in [4.69, 9.17) is 9.84 Å². The second-order valence-electron chi connectivity index (χ2n) is 4.86. The van der Waals surface area contributed by atoms with E-state index in [9.17, 15) is 9.59 Å². The zero-order valence-corrected chi connectivity index (χ0v) is 14.4. The first-order chi connectivity index (χ1) is 9.97. The summed E-state index contributed by atoms with van der Waals surface area (Å²) in [6.07, 6.45) is 1.01. The summed E-state index contributed by atoms with van der Waals surface area (Å²) >= 11 is 6.72. The number of hydrogen-bond donors (Lipinski definition) is 1. The van der Waals surface area contributed by atoms with E-state index in [-0.39, 0.29) is 18.4 Å². The van der Waals surface area contributed by atoms with Crippen LogP contribution in [-0.4, -0.2) is 41.6 Å². The van der Waals surface area contributed by atoms with Gasteiger partial charge in [0.1, 0.15) is 5.75 Å². The SMILES string of the molecule is O=C(O)C1CCN(C(=O)COc2ccc(Br)cc2Br)CC1. The standard InChI is InChI=1S/C14H15Br2NO4/c15-10-1-2-12(11(16)7-10)21-8-13(18)17-5-3-9(4-6-17)14(19)20/h1-2,7,9H,3-6,8H2,(H,19,20). The van der Waals surface area contributed by atoms with E-state index in [1.165, 1.54) is 0 Å². The van der Waals surface area contributed by atoms with E-state index in [1.807, 2.05) is 12.1 Å². The first-order valence-corrected chi connectivity index (χ1v) is 8.14. The number of halogens is 2. The van der Waals surface area contributed by atoms with Crippen LogP contribution in [0.2, 0.25) is 0 Å². The summed E-state index contributed by atoms with van der Waals surface area (Å²) in [5.41, 5.74) is 0. The Kier molecular flexibility index (Phi) is 5.64. The van der Waals surface area contributed by atoms with Gasteiger partial charge >= 0.3 is 5.97 Å². The van der Waals surface area contributed by atoms with Gasteiger partial charge in [0.05, 0.1) is 10.4 Å². The molecule has 1 N–H and O–H groups in total. The van der Waals surface area contributed by atoms with Gasteiger partial charge < -0.3 is 14.7 Å². The lowest BCUT2D eigenvalue weighted by atomic mass is 9.97. The lowest BCUT2D eigenvalue weighted by Crippen LogP contribution is -2.42. The van der Waals surface area contributed by atoms with Crippen LogP contribution < -0.4 is 4.74 Å². The molecule has 21 heavy (non-hydrogen) atoms. The molecular formula is C14H15Br2NO4. The van der Waals surface area contributed by atoms with Crippen molar-refractivity contribution in [3.63, 3.8) is 0 Å². The summed E-state index contributed by atoms with van der Waals surface area (Å²) < 4.78 is 7.20. The number of carboxylic acid groups (broad SMARTS) is 1. The largest absolute Gasteiger partial charge is 0.483 e. The Bertz CT molecular complexity index is 542. The molecule has 0 unspecified atom stereocenters. The average Bonchev–Trinajstić information content (AvgIpc) is 2.46. The smallest absolute Gasteiger partial charge is 0.306 e. The second-order valence-corrected chi connectivity index (χ2v) is 6.63. The highest BCUT2D eigenvalue weighted by Gasteiger charge is 2.27. The second kappa shape index (κ2) is 7.26. The number of aliphatic carboxylic acids is 1. The lowest BCUT2D eigenvalue weighted by Gasteiger charge is -2.30. The molecule has 1 aliphatic rings. The van der Waals surface area contributed by atoms with Crippen LogP contribution in [0.5, 0.6) is 5.75 Å². The normalized spacial score (nSPS) is 15.8. The number of nitrogens with zero attached hydrogens (tertiary/aromatic N) is 1. The van der Waals surface area contributed by atoms with Gasteiger partial charge in [0.15, 0.2) is 6.61 Å². The van der Waals surface area contributed by atoms with Gasteiger partial charge in [-0.25, -0.2) is 0 Å². The van der Waals surface area contributed by atoms with E-state index >= 15 is 0 Å². The van der Waals surface area contributed by atoms with Gasteiger partial charge in [-0.1, -0.05) is 15.9 Å². The molecule has 1 aromatic rings. The van der Waals surface area contributed by atoms with Crippen LogP contribution in [0.15, 0.2) is 27.1 Å². The number of carboxylic acids is 1. The number of ether oxygens (including phenoxy) is 1. The van der Waals surface area contributed by atoms with Crippen molar-refractivity contribution in [2.45, 2.75) is 12.8 Å². The van der Waals surface area contributed by atoms with Crippen molar-refractivity contribution in [1.82, 2.24) is 4.90 Å². The van der Waals surface area contributed by atoms with Crippen molar-refractivity contribution < 1.29 is 19.4 Å². The van der Waals surface area contributed by atoms with Crippen LogP contribution in [0.1, 0.15) is 12.8 Å². The Morgan fingerprint density at radius 3 is 2.52 bits per heavy atom. The quantitative estimate of drug-likeness (QED) is 0.813. The summed E-state index contributed by atoms with van der Waals surface area (Å²) in [6, 6.07) is 5.46. The molecule has 0 atom stereocenters. The van der Waals surface area contributed by atoms with Gasteiger partial charge in [0.25, 0.3) is 5.91 Å². The Morgan fingerprint density at radius 1 is 1.29 bits per heavy atom. The van der Waals surface area contributed by atoms with Crippen LogP contribution in [0.3, 0.4) is 0 Å². The Hall–Kier alpha value is -1.08. The van der Waals surface area contributed by atoms with Crippen LogP contribution in [0.25, 0.3) is 0 Å². The van der Waals surface area contributed by atoms with E-state index in [0.29, 0.717) is 31.7 Å². The molecule has 0 aromatic heterocycles. The topological polar surface area (TPSA) is 66.8 Å². The van der Waals surface area contributed by atoms with Crippen LogP contribution >= 0.6 is 31.9 Å². The Balaban J connectivity index is 1.84. The number of amides is 1. The molecule has 1 saturated heterocycles. The van der Waals surface area contributed by atoms with Crippen LogP contribution in [0.4, 0.5) is 0 Å². The summed E-state index contributed by atoms with van der Waals surface area (Å²) in [7, 11) is 0. The Morgan fingerprint density at radius 2 is 1.95 bits per heavy atom. The minimum atomic E-state index is -0.780. The van der Waals surface area contributed by atoms with Crippen LogP contribution in [0, 0.1) is 5.92 Å². The average molecular weight is 421 g/mol. The minimum absolute atomic E-state index is 0.0437. The highest BCUT2D eigenvalue weighted by molar-refractivity contribution is 9.11. The maximum atomic E-state index is 12.1. The van der Waals surface area contributed by atoms with E-state index in [0.717, 1.165) is 8.95 Å². The Labute approximate surface area is 139 Å². The number of hydrogen-bond acceptors (Lipinski definition) is 3. The molecule has 2 rings (SSSR count). The number of benzene rings is 1. The molecule has 1 fully saturated rings. The molecule has 0 spiro atoms. The first-order valence-electron chi connectivity index (χ1n) is 6.56. The third-order valence-electron chi connectivity index (χ3n) is 3.44. The van der Waals surface area contributed by atoms with Gasteiger partial charge in [-0.15, -0.1) is 0 Å². The van der Waals surface area contributed by atoms with Crippen molar-refractivity contribution in [1.29, 1.82) is 0 Å². The minimum Gasteiger partial charge on any atom is -0.483 e. The molecule has 0 radical (unpaired) electrons. The predicted molar refractivity (Wildman–Crippen MR) is 84.3 cm³/mol. The fraction of sp³-hybridized carbons (Fsp3) is 0.429. The molecule has 1 amide bonds. The van der Waals surface area contributed by atoms with Crippen molar-refractivity contribution in [3.8, 4) is 5.75 Å². The predicted octanol–water partition coefficient (Wildman–Crippen LogP) is 2.91. The number of piperidine rings is 1. The number of likely N-dealkylation sites (tertiary alicyclic amines) is 1. The molecule has 0 saturated carbocycles. The van der Waals surface area contributed by atoms with Crippen molar-refractivity contribution in [3.05, 3.63) is 27.1 Å². The van der Waals surface area contributed by atoms with Gasteiger partial charge in [-0.2, -0.15) is 0 Å². The third-order valence-corrected chi connectivity index (χ3v) is 4.55. The van der Waals surface area contributed by atoms with Crippen molar-refractivity contribution in [2.75, 3.05) is 19.7 Å². The number of carbonyl (C=O) groups is 2. The number of rotatable bonds is 4. The highest BCUT2D eigenvalue weighted by Crippen LogP contribution is 2.28. The van der Waals surface area contributed by atoms with Gasteiger partial charge in [0, 0.05) is 17.6 Å². The zero-order chi connectivity index (χ0) is 15.4. The zero-order valence-electron chi connectivity index (χ0n) is 11.2. The van der Waals surface area contributed by atoms with Crippen LogP contribution in [-0.2, 0) is 9.59 Å². The molecule has 0 aliphatic carbocycles. The molecule has 5 nitrogen and oxygen atoms in total. The van der Waals surface area contributed by atoms with E-state index in [2.05, 4.69) is 31.9 Å². The number of carbonyl (C=O) groups excluding carboxylic acids is 1. The monoisotopic (exact) mass is 419 g/mol. The molecule has 114 valence electrons. The van der Waals surface area contributed by atoms with Gasteiger partial charge in [-0.3, -0.25) is 9.59 Å². The highest BCUT2D eigenvalue weighted by atomic mass is 79.9. The maximum absolute atomic E-state index is 12.1. The maximum Gasteiger partial charge on any atom is 0.306 e. The third kappa shape index (κ3) is 4.44. The molecule has 7 heteroatoms. The van der Waals surface area contributed by atoms with E-state index in [1.54, 1.807) is 11.0 Å². The molecule has 0 bridgehead atoms. The summed E-state index contributed by atoms with van der Waals surface area (Å²) in [6.45, 7) is 0.902. The molecule has 1 aromatic carbocycles. The van der Waals surface area contributed by atoms with Gasteiger partial charge in [-0.05, 0) is 47.0 Å². The van der Waals surface area contributed by atoms with Gasteiger partial charge in [0.2, 0.25) is 0 Å². The lowest BCUT2D eigenvalue weighted by molar-refractivity contribution is -0.146. The summed E-state index contributed by atoms with van der Waals surface area (Å²) in [5, 5.41) is 8.93. The fourth-order valence-electron chi connectivity index (χ4n) is 2.20. The van der Waals surface area contributed by atoms with Crippen molar-refractivity contribution in [2.24, 2.45) is 5.92 Å². The molecule has 1 aliphatic heterocycles. The van der Waals surface area contributed by atoms with E-state index < -0.39 is 5.97 Å². The first kappa shape index (κ1) is 16.3. The molecular weight excluding hydrogens is 406 g/mol. The molecule has 1 heterocycles. The fourth-order valence-corrected chi connectivity index (χ4v) is 3.36.